The van der Waals surface area contributed by atoms with Crippen molar-refractivity contribution in [2.75, 3.05) is 7.05 Å². The number of rotatable bonds is 3. The number of imidazole rings is 1. The number of aromatic nitrogens is 4. The van der Waals surface area contributed by atoms with Gasteiger partial charge in [0.25, 0.3) is 5.91 Å². The molecule has 4 rings (SSSR count). The summed E-state index contributed by atoms with van der Waals surface area (Å²) in [6.45, 7) is 0.511. The third-order valence-electron chi connectivity index (χ3n) is 3.40. The van der Waals surface area contributed by atoms with Gasteiger partial charge in [-0.2, -0.15) is 8.75 Å². The summed E-state index contributed by atoms with van der Waals surface area (Å²) in [5.74, 6) is -0.0904. The molecule has 8 heteroatoms. The minimum Gasteiger partial charge on any atom is -0.336 e. The van der Waals surface area contributed by atoms with E-state index in [1.807, 2.05) is 34.2 Å². The molecule has 3 aromatic heterocycles. The topological polar surface area (TPSA) is 63.4 Å². The van der Waals surface area contributed by atoms with Crippen LogP contribution in [0.5, 0.6) is 0 Å². The molecule has 1 aromatic carbocycles. The summed E-state index contributed by atoms with van der Waals surface area (Å²) in [5.41, 5.74) is 3.24. The second-order valence-corrected chi connectivity index (χ2v) is 6.37. The predicted molar refractivity (Wildman–Crippen MR) is 86.3 cm³/mol. The molecule has 0 spiro atoms. The lowest BCUT2D eigenvalue weighted by atomic mass is 10.2. The molecule has 22 heavy (non-hydrogen) atoms. The van der Waals surface area contributed by atoms with Crippen LogP contribution in [0.2, 0.25) is 0 Å². The van der Waals surface area contributed by atoms with Crippen LogP contribution < -0.4 is 0 Å². The van der Waals surface area contributed by atoms with E-state index in [0.717, 1.165) is 21.6 Å². The van der Waals surface area contributed by atoms with Gasteiger partial charge >= 0.3 is 0 Å². The lowest BCUT2D eigenvalue weighted by Gasteiger charge is -2.15. The first-order valence-corrected chi connectivity index (χ1v) is 8.20. The highest BCUT2D eigenvalue weighted by Crippen LogP contribution is 2.16. The van der Waals surface area contributed by atoms with Crippen molar-refractivity contribution in [3.05, 3.63) is 47.2 Å². The van der Waals surface area contributed by atoms with Crippen LogP contribution in [0.15, 0.2) is 36.0 Å². The maximum absolute atomic E-state index is 12.5. The molecule has 0 N–H and O–H groups in total. The summed E-state index contributed by atoms with van der Waals surface area (Å²) < 4.78 is 10.3. The Kier molecular flexibility index (Phi) is 3.12. The highest BCUT2D eigenvalue weighted by atomic mass is 32.1. The Hall–Kier alpha value is -2.32. The van der Waals surface area contributed by atoms with Gasteiger partial charge in [0.2, 0.25) is 0 Å². The smallest absolute Gasteiger partial charge is 0.274 e. The summed E-state index contributed by atoms with van der Waals surface area (Å²) >= 11 is 2.71. The Morgan fingerprint density at radius 1 is 1.32 bits per heavy atom. The van der Waals surface area contributed by atoms with E-state index in [-0.39, 0.29) is 5.91 Å². The van der Waals surface area contributed by atoms with Crippen LogP contribution in [0.25, 0.3) is 16.0 Å². The Morgan fingerprint density at radius 3 is 3.05 bits per heavy atom. The number of hydrogen-bond acceptors (Lipinski definition) is 6. The molecule has 0 bridgehead atoms. The van der Waals surface area contributed by atoms with Crippen molar-refractivity contribution >= 4 is 45.0 Å². The van der Waals surface area contributed by atoms with E-state index >= 15 is 0 Å². The average molecular weight is 329 g/mol. The number of benzene rings is 1. The molecule has 0 aliphatic rings. The summed E-state index contributed by atoms with van der Waals surface area (Å²) in [4.78, 5) is 19.3. The normalized spacial score (nSPS) is 11.3. The largest absolute Gasteiger partial charge is 0.336 e. The van der Waals surface area contributed by atoms with Crippen LogP contribution in [0.4, 0.5) is 0 Å². The minimum atomic E-state index is -0.0904. The predicted octanol–water partition coefficient (Wildman–Crippen LogP) is 2.67. The Bertz CT molecular complexity index is 941. The molecule has 0 saturated heterocycles. The van der Waals surface area contributed by atoms with Crippen LogP contribution in [0, 0.1) is 0 Å². The van der Waals surface area contributed by atoms with Crippen molar-refractivity contribution in [3.8, 4) is 0 Å². The number of hydrogen-bond donors (Lipinski definition) is 0. The maximum Gasteiger partial charge on any atom is 0.274 e. The summed E-state index contributed by atoms with van der Waals surface area (Å²) in [5, 5.41) is 1.94. The first-order chi connectivity index (χ1) is 10.7. The second kappa shape index (κ2) is 5.15. The van der Waals surface area contributed by atoms with E-state index in [0.29, 0.717) is 12.2 Å². The van der Waals surface area contributed by atoms with E-state index in [2.05, 4.69) is 13.7 Å². The van der Waals surface area contributed by atoms with Crippen molar-refractivity contribution in [2.24, 2.45) is 0 Å². The number of thiazole rings is 1. The van der Waals surface area contributed by atoms with Gasteiger partial charge in [-0.3, -0.25) is 9.20 Å². The fourth-order valence-electron chi connectivity index (χ4n) is 2.30. The highest BCUT2D eigenvalue weighted by molar-refractivity contribution is 7.15. The van der Waals surface area contributed by atoms with Gasteiger partial charge < -0.3 is 4.90 Å². The Labute approximate surface area is 134 Å². The number of nitrogens with zero attached hydrogens (tertiary/aromatic N) is 5. The molecular formula is C14H11N5OS2. The number of amides is 1. The molecule has 0 fully saturated rings. The van der Waals surface area contributed by atoms with Gasteiger partial charge in [0.1, 0.15) is 16.7 Å². The van der Waals surface area contributed by atoms with Crippen molar-refractivity contribution in [2.45, 2.75) is 6.54 Å². The minimum absolute atomic E-state index is 0.0904. The molecule has 3 heterocycles. The van der Waals surface area contributed by atoms with Crippen molar-refractivity contribution in [1.82, 2.24) is 23.0 Å². The third-order valence-corrected chi connectivity index (χ3v) is 4.72. The van der Waals surface area contributed by atoms with Gasteiger partial charge in [0, 0.05) is 31.4 Å². The zero-order valence-corrected chi connectivity index (χ0v) is 13.3. The monoisotopic (exact) mass is 329 g/mol. The molecule has 4 aromatic rings. The average Bonchev–Trinajstić information content (AvgIpc) is 3.20. The highest BCUT2D eigenvalue weighted by Gasteiger charge is 2.16. The van der Waals surface area contributed by atoms with Gasteiger partial charge in [-0.25, -0.2) is 4.98 Å². The standard InChI is InChI=1S/C14H11N5OS2/c1-18(7-9-2-3-10-11(6-9)17-22-16-10)13(20)12-8-19-4-5-21-14(19)15-12/h2-6,8H,7H2,1H3. The second-order valence-electron chi connectivity index (χ2n) is 4.97. The number of carbonyl (C=O) groups excluding carboxylic acids is 1. The molecule has 0 aliphatic carbocycles. The molecule has 0 atom stereocenters. The lowest BCUT2D eigenvalue weighted by molar-refractivity contribution is 0.0780. The molecule has 0 unspecified atom stereocenters. The number of carbonyl (C=O) groups is 1. The first kappa shape index (κ1) is 13.4. The van der Waals surface area contributed by atoms with Crippen molar-refractivity contribution < 1.29 is 4.79 Å². The summed E-state index contributed by atoms with van der Waals surface area (Å²) in [7, 11) is 1.78. The van der Waals surface area contributed by atoms with Gasteiger partial charge in [-0.05, 0) is 17.7 Å². The van der Waals surface area contributed by atoms with Gasteiger partial charge in [0.05, 0.1) is 11.7 Å². The van der Waals surface area contributed by atoms with Gasteiger partial charge in [-0.1, -0.05) is 6.07 Å². The van der Waals surface area contributed by atoms with E-state index in [4.69, 9.17) is 0 Å². The third kappa shape index (κ3) is 2.26. The molecule has 0 radical (unpaired) electrons. The SMILES string of the molecule is CN(Cc1ccc2nsnc2c1)C(=O)c1cn2ccsc2n1. The van der Waals surface area contributed by atoms with E-state index < -0.39 is 0 Å². The van der Waals surface area contributed by atoms with Crippen molar-refractivity contribution in [1.29, 1.82) is 0 Å². The van der Waals surface area contributed by atoms with Crippen molar-refractivity contribution in [3.63, 3.8) is 0 Å². The lowest BCUT2D eigenvalue weighted by Crippen LogP contribution is -2.26. The zero-order valence-electron chi connectivity index (χ0n) is 11.6. The molecular weight excluding hydrogens is 318 g/mol. The molecule has 1 amide bonds. The van der Waals surface area contributed by atoms with Gasteiger partial charge in [-0.15, -0.1) is 11.3 Å². The fourth-order valence-corrected chi connectivity index (χ4v) is 3.52. The van der Waals surface area contributed by atoms with Crippen LogP contribution in [-0.2, 0) is 6.54 Å². The summed E-state index contributed by atoms with van der Waals surface area (Å²) in [6.07, 6.45) is 3.66. The summed E-state index contributed by atoms with van der Waals surface area (Å²) in [6, 6.07) is 5.87. The van der Waals surface area contributed by atoms with Crippen LogP contribution in [-0.4, -0.2) is 36.0 Å². The molecule has 0 saturated carbocycles. The first-order valence-electron chi connectivity index (χ1n) is 6.59. The Balaban J connectivity index is 1.56. The quantitative estimate of drug-likeness (QED) is 0.580. The van der Waals surface area contributed by atoms with Crippen LogP contribution >= 0.6 is 23.1 Å². The van der Waals surface area contributed by atoms with Gasteiger partial charge in [0.15, 0.2) is 4.96 Å². The molecule has 6 nitrogen and oxygen atoms in total. The maximum atomic E-state index is 12.5. The van der Waals surface area contributed by atoms with Crippen LogP contribution in [0.3, 0.4) is 0 Å². The zero-order chi connectivity index (χ0) is 15.1. The van der Waals surface area contributed by atoms with E-state index in [1.165, 1.54) is 23.1 Å². The molecule has 110 valence electrons. The number of fused-ring (bicyclic) bond motifs is 2. The van der Waals surface area contributed by atoms with E-state index in [9.17, 15) is 4.79 Å². The van der Waals surface area contributed by atoms with E-state index in [1.54, 1.807) is 18.1 Å². The fraction of sp³-hybridized carbons (Fsp3) is 0.143. The Morgan fingerprint density at radius 2 is 2.18 bits per heavy atom. The van der Waals surface area contributed by atoms with Crippen LogP contribution in [0.1, 0.15) is 16.1 Å². The molecule has 0 aliphatic heterocycles.